The average Bonchev–Trinajstić information content (AvgIpc) is 2.36. The van der Waals surface area contributed by atoms with Gasteiger partial charge in [0.1, 0.15) is 5.82 Å². The molecule has 0 atom stereocenters. The molecular weight excluding hydrogens is 239 g/mol. The molecule has 0 fully saturated rings. The second kappa shape index (κ2) is 8.16. The van der Waals surface area contributed by atoms with Crippen molar-refractivity contribution in [1.82, 2.24) is 5.32 Å². The zero-order chi connectivity index (χ0) is 14.3. The maximum Gasteiger partial charge on any atom is 0.129 e. The molecule has 0 saturated heterocycles. The van der Waals surface area contributed by atoms with Crippen molar-refractivity contribution in [3.63, 3.8) is 0 Å². The van der Waals surface area contributed by atoms with Gasteiger partial charge in [0.2, 0.25) is 0 Å². The molecule has 1 N–H and O–H groups in total. The molecule has 108 valence electrons. The van der Waals surface area contributed by atoms with Crippen molar-refractivity contribution in [2.75, 3.05) is 18.0 Å². The molecule has 0 aliphatic heterocycles. The lowest BCUT2D eigenvalue weighted by Gasteiger charge is -2.27. The summed E-state index contributed by atoms with van der Waals surface area (Å²) >= 11 is 0. The van der Waals surface area contributed by atoms with Gasteiger partial charge in [-0.2, -0.15) is 0 Å². The topological polar surface area (TPSA) is 15.3 Å². The number of hydrogen-bond donors (Lipinski definition) is 1. The molecule has 0 unspecified atom stereocenters. The smallest absolute Gasteiger partial charge is 0.129 e. The van der Waals surface area contributed by atoms with Crippen LogP contribution in [0.15, 0.2) is 18.2 Å². The third-order valence-corrected chi connectivity index (χ3v) is 3.11. The highest BCUT2D eigenvalue weighted by Crippen LogP contribution is 2.24. The Balaban J connectivity index is 2.99. The molecule has 0 spiro atoms. The van der Waals surface area contributed by atoms with Gasteiger partial charge >= 0.3 is 0 Å². The molecule has 0 aromatic heterocycles. The van der Waals surface area contributed by atoms with Crippen LogP contribution in [0.1, 0.15) is 46.1 Å². The van der Waals surface area contributed by atoms with Crippen LogP contribution in [0.2, 0.25) is 0 Å². The molecule has 0 radical (unpaired) electrons. The highest BCUT2D eigenvalue weighted by atomic mass is 19.1. The first-order valence-corrected chi connectivity index (χ1v) is 7.35. The summed E-state index contributed by atoms with van der Waals surface area (Å²) in [5.74, 6) is -0.108. The third-order valence-electron chi connectivity index (χ3n) is 3.11. The van der Waals surface area contributed by atoms with E-state index in [0.717, 1.165) is 37.2 Å². The summed E-state index contributed by atoms with van der Waals surface area (Å²) in [5, 5.41) is 3.32. The van der Waals surface area contributed by atoms with Crippen LogP contribution in [0.3, 0.4) is 0 Å². The SMILES string of the molecule is CCCN(CCC)c1cccc(F)c1CNC(C)C. The first-order chi connectivity index (χ1) is 9.10. The Kier molecular flexibility index (Phi) is 6.85. The van der Waals surface area contributed by atoms with Gasteiger partial charge < -0.3 is 10.2 Å². The number of rotatable bonds is 8. The van der Waals surface area contributed by atoms with Crippen molar-refractivity contribution in [2.24, 2.45) is 0 Å². The Hall–Kier alpha value is -1.09. The minimum Gasteiger partial charge on any atom is -0.371 e. The summed E-state index contributed by atoms with van der Waals surface area (Å²) in [6.07, 6.45) is 2.15. The molecule has 0 amide bonds. The summed E-state index contributed by atoms with van der Waals surface area (Å²) in [4.78, 5) is 2.29. The molecule has 19 heavy (non-hydrogen) atoms. The fourth-order valence-corrected chi connectivity index (χ4v) is 2.22. The molecule has 0 heterocycles. The first-order valence-electron chi connectivity index (χ1n) is 7.35. The Bertz CT molecular complexity index is 371. The number of anilines is 1. The second-order valence-electron chi connectivity index (χ2n) is 5.26. The average molecular weight is 266 g/mol. The van der Waals surface area contributed by atoms with Crippen LogP contribution >= 0.6 is 0 Å². The van der Waals surface area contributed by atoms with Crippen molar-refractivity contribution in [3.8, 4) is 0 Å². The third kappa shape index (κ3) is 4.83. The van der Waals surface area contributed by atoms with Crippen LogP contribution < -0.4 is 10.2 Å². The van der Waals surface area contributed by atoms with Gasteiger partial charge in [0.15, 0.2) is 0 Å². The van der Waals surface area contributed by atoms with Gasteiger partial charge in [0.05, 0.1) is 0 Å². The van der Waals surface area contributed by atoms with E-state index in [-0.39, 0.29) is 5.82 Å². The van der Waals surface area contributed by atoms with Crippen molar-refractivity contribution >= 4 is 5.69 Å². The molecule has 2 nitrogen and oxygen atoms in total. The zero-order valence-corrected chi connectivity index (χ0v) is 12.7. The van der Waals surface area contributed by atoms with Gasteiger partial charge in [-0.3, -0.25) is 0 Å². The van der Waals surface area contributed by atoms with Crippen molar-refractivity contribution < 1.29 is 4.39 Å². The number of halogens is 1. The Morgan fingerprint density at radius 1 is 1.16 bits per heavy atom. The Morgan fingerprint density at radius 3 is 2.32 bits per heavy atom. The van der Waals surface area contributed by atoms with E-state index in [0.29, 0.717) is 12.6 Å². The van der Waals surface area contributed by atoms with E-state index in [1.165, 1.54) is 0 Å². The molecule has 1 rings (SSSR count). The first kappa shape index (κ1) is 16.0. The summed E-state index contributed by atoms with van der Waals surface area (Å²) < 4.78 is 14.1. The molecule has 0 aliphatic carbocycles. The van der Waals surface area contributed by atoms with Crippen LogP contribution in [0.5, 0.6) is 0 Å². The van der Waals surface area contributed by atoms with E-state index >= 15 is 0 Å². The maximum atomic E-state index is 14.1. The minimum atomic E-state index is -0.108. The number of benzene rings is 1. The molecule has 1 aromatic rings. The Labute approximate surface area is 117 Å². The van der Waals surface area contributed by atoms with E-state index in [9.17, 15) is 4.39 Å². The largest absolute Gasteiger partial charge is 0.371 e. The lowest BCUT2D eigenvalue weighted by molar-refractivity contribution is 0.551. The fourth-order valence-electron chi connectivity index (χ4n) is 2.22. The summed E-state index contributed by atoms with van der Waals surface area (Å²) in [5.41, 5.74) is 1.83. The standard InChI is InChI=1S/C16H27FN2/c1-5-10-19(11-6-2)16-9-7-8-15(17)14(16)12-18-13(3)4/h7-9,13,18H,5-6,10-12H2,1-4H3. The van der Waals surface area contributed by atoms with Crippen LogP contribution in [-0.2, 0) is 6.54 Å². The lowest BCUT2D eigenvalue weighted by Crippen LogP contribution is -2.29. The summed E-state index contributed by atoms with van der Waals surface area (Å²) in [6.45, 7) is 11.0. The molecule has 3 heteroatoms. The quantitative estimate of drug-likeness (QED) is 0.766. The van der Waals surface area contributed by atoms with Gasteiger partial charge in [-0.1, -0.05) is 33.8 Å². The van der Waals surface area contributed by atoms with Gasteiger partial charge in [-0.05, 0) is 25.0 Å². The minimum absolute atomic E-state index is 0.108. The molecule has 0 saturated carbocycles. The monoisotopic (exact) mass is 266 g/mol. The van der Waals surface area contributed by atoms with Gasteiger partial charge in [0, 0.05) is 36.9 Å². The highest BCUT2D eigenvalue weighted by Gasteiger charge is 2.13. The van der Waals surface area contributed by atoms with E-state index < -0.39 is 0 Å². The lowest BCUT2D eigenvalue weighted by atomic mass is 10.1. The van der Waals surface area contributed by atoms with Gasteiger partial charge in [-0.25, -0.2) is 4.39 Å². The number of hydrogen-bond acceptors (Lipinski definition) is 2. The van der Waals surface area contributed by atoms with E-state index in [1.54, 1.807) is 6.07 Å². The van der Waals surface area contributed by atoms with E-state index in [2.05, 4.69) is 37.9 Å². The van der Waals surface area contributed by atoms with E-state index in [4.69, 9.17) is 0 Å². The predicted octanol–water partition coefficient (Wildman–Crippen LogP) is 3.95. The van der Waals surface area contributed by atoms with E-state index in [1.807, 2.05) is 12.1 Å². The summed E-state index contributed by atoms with van der Waals surface area (Å²) in [6, 6.07) is 5.75. The van der Waals surface area contributed by atoms with Crippen molar-refractivity contribution in [2.45, 2.75) is 53.1 Å². The highest BCUT2D eigenvalue weighted by molar-refractivity contribution is 5.54. The second-order valence-corrected chi connectivity index (χ2v) is 5.26. The van der Waals surface area contributed by atoms with Gasteiger partial charge in [-0.15, -0.1) is 0 Å². The summed E-state index contributed by atoms with van der Waals surface area (Å²) in [7, 11) is 0. The normalized spacial score (nSPS) is 11.1. The van der Waals surface area contributed by atoms with Gasteiger partial charge in [0.25, 0.3) is 0 Å². The molecule has 1 aromatic carbocycles. The predicted molar refractivity (Wildman–Crippen MR) is 81.2 cm³/mol. The molecule has 0 bridgehead atoms. The zero-order valence-electron chi connectivity index (χ0n) is 12.7. The fraction of sp³-hybridized carbons (Fsp3) is 0.625. The Morgan fingerprint density at radius 2 is 1.79 bits per heavy atom. The maximum absolute atomic E-state index is 14.1. The van der Waals surface area contributed by atoms with Crippen LogP contribution in [0.25, 0.3) is 0 Å². The molecular formula is C16H27FN2. The number of nitrogens with zero attached hydrogens (tertiary/aromatic N) is 1. The van der Waals surface area contributed by atoms with Crippen LogP contribution in [0.4, 0.5) is 10.1 Å². The molecule has 0 aliphatic rings. The number of nitrogens with one attached hydrogen (secondary N) is 1. The van der Waals surface area contributed by atoms with Crippen molar-refractivity contribution in [3.05, 3.63) is 29.6 Å². The van der Waals surface area contributed by atoms with Crippen molar-refractivity contribution in [1.29, 1.82) is 0 Å². The van der Waals surface area contributed by atoms with Crippen LogP contribution in [0, 0.1) is 5.82 Å². The van der Waals surface area contributed by atoms with Crippen LogP contribution in [-0.4, -0.2) is 19.1 Å².